The maximum Gasteiger partial charge on any atom is 0.292 e. The third kappa shape index (κ3) is 4.87. The molecule has 21 heavy (non-hydrogen) atoms. The van der Waals surface area contributed by atoms with E-state index in [1.54, 1.807) is 13.8 Å². The zero-order valence-electron chi connectivity index (χ0n) is 11.6. The smallest absolute Gasteiger partial charge is 0.270 e. The van der Waals surface area contributed by atoms with Gasteiger partial charge < -0.3 is 0 Å². The van der Waals surface area contributed by atoms with E-state index in [2.05, 4.69) is 14.7 Å². The van der Waals surface area contributed by atoms with E-state index in [1.165, 1.54) is 0 Å². The lowest BCUT2D eigenvalue weighted by Crippen LogP contribution is -2.35. The fraction of sp³-hybridized carbons (Fsp3) is 0.400. The summed E-state index contributed by atoms with van der Waals surface area (Å²) in [6.07, 6.45) is 0. The van der Waals surface area contributed by atoms with E-state index >= 15 is 0 Å². The molecule has 9 nitrogen and oxygen atoms in total. The highest BCUT2D eigenvalue weighted by Gasteiger charge is 2.28. The van der Waals surface area contributed by atoms with Crippen LogP contribution in [0.2, 0.25) is 0 Å². The van der Waals surface area contributed by atoms with Crippen molar-refractivity contribution in [1.29, 1.82) is 0 Å². The first kappa shape index (κ1) is 17.7. The molecule has 0 aliphatic carbocycles. The van der Waals surface area contributed by atoms with Gasteiger partial charge in [0, 0.05) is 25.2 Å². The fourth-order valence-electron chi connectivity index (χ4n) is 1.53. The Morgan fingerprint density at radius 3 is 2.00 bits per heavy atom. The maximum atomic E-state index is 12.4. The van der Waals surface area contributed by atoms with Gasteiger partial charge in [-0.1, -0.05) is 13.8 Å². The van der Waals surface area contributed by atoms with Crippen LogP contribution in [0.1, 0.15) is 13.8 Å². The zero-order valence-corrected chi connectivity index (χ0v) is 13.3. The van der Waals surface area contributed by atoms with Gasteiger partial charge in [-0.25, -0.2) is 18.6 Å². The van der Waals surface area contributed by atoms with Gasteiger partial charge in [-0.3, -0.25) is 14.7 Å². The molecule has 118 valence electrons. The Hall–Kier alpha value is -1.32. The van der Waals surface area contributed by atoms with Crippen molar-refractivity contribution in [3.8, 4) is 0 Å². The second-order valence-corrected chi connectivity index (χ2v) is 8.04. The molecule has 1 aromatic rings. The lowest BCUT2D eigenvalue weighted by molar-refractivity contribution is -0.384. The summed E-state index contributed by atoms with van der Waals surface area (Å²) in [6.45, 7) is 3.97. The predicted octanol–water partition coefficient (Wildman–Crippen LogP) is 1.20. The predicted molar refractivity (Wildman–Crippen MR) is 78.4 cm³/mol. The van der Waals surface area contributed by atoms with E-state index in [0.717, 1.165) is 24.3 Å². The van der Waals surface area contributed by atoms with E-state index < -0.39 is 22.5 Å². The Kier molecular flexibility index (Phi) is 5.99. The van der Waals surface area contributed by atoms with Gasteiger partial charge in [0.1, 0.15) is 0 Å². The Bertz CT molecular complexity index is 636. The SMILES string of the molecule is CCNP(=O)(NCC)NS(=O)(=O)c1ccc([N+](=O)[O-])cc1. The molecule has 0 unspecified atom stereocenters. The van der Waals surface area contributed by atoms with E-state index in [0.29, 0.717) is 13.1 Å². The number of benzene rings is 1. The van der Waals surface area contributed by atoms with Gasteiger partial charge in [-0.2, -0.15) is 0 Å². The summed E-state index contributed by atoms with van der Waals surface area (Å²) >= 11 is 0. The first-order chi connectivity index (χ1) is 9.74. The minimum absolute atomic E-state index is 0.205. The van der Waals surface area contributed by atoms with Crippen LogP contribution in [0.15, 0.2) is 29.2 Å². The van der Waals surface area contributed by atoms with E-state index in [-0.39, 0.29) is 10.6 Å². The molecule has 11 heteroatoms. The van der Waals surface area contributed by atoms with Crippen molar-refractivity contribution in [3.63, 3.8) is 0 Å². The number of rotatable bonds is 8. The van der Waals surface area contributed by atoms with Crippen molar-refractivity contribution >= 4 is 23.3 Å². The van der Waals surface area contributed by atoms with Crippen LogP contribution in [-0.2, 0) is 14.6 Å². The van der Waals surface area contributed by atoms with Crippen LogP contribution in [0.25, 0.3) is 0 Å². The van der Waals surface area contributed by atoms with Gasteiger partial charge in [0.05, 0.1) is 9.82 Å². The number of nitro groups is 1. The lowest BCUT2D eigenvalue weighted by Gasteiger charge is -2.20. The van der Waals surface area contributed by atoms with Crippen LogP contribution in [0.4, 0.5) is 5.69 Å². The van der Waals surface area contributed by atoms with Crippen LogP contribution in [0.3, 0.4) is 0 Å². The largest absolute Gasteiger partial charge is 0.292 e. The molecule has 1 rings (SSSR count). The highest BCUT2D eigenvalue weighted by Crippen LogP contribution is 2.32. The van der Waals surface area contributed by atoms with Crippen LogP contribution < -0.4 is 14.7 Å². The molecule has 0 amide bonds. The average molecular weight is 336 g/mol. The molecule has 0 spiro atoms. The Balaban J connectivity index is 3.04. The molecular weight excluding hydrogens is 319 g/mol. The Labute approximate surface area is 122 Å². The van der Waals surface area contributed by atoms with Gasteiger partial charge in [-0.15, -0.1) is 4.49 Å². The van der Waals surface area contributed by atoms with E-state index in [4.69, 9.17) is 0 Å². The molecule has 0 fully saturated rings. The number of sulfonamides is 1. The number of nitrogens with zero attached hydrogens (tertiary/aromatic N) is 1. The standard InChI is InChI=1S/C10H17N4O5PS/c1-3-11-20(17,12-4-2)13-21(18,19)10-7-5-9(6-8-10)14(15)16/h5-8H,3-4H2,1-2H3,(H3,11,12,13,17). The normalized spacial score (nSPS) is 12.3. The average Bonchev–Trinajstić information content (AvgIpc) is 2.38. The summed E-state index contributed by atoms with van der Waals surface area (Å²) < 4.78 is 38.7. The van der Waals surface area contributed by atoms with Crippen molar-refractivity contribution in [2.24, 2.45) is 0 Å². The first-order valence-corrected chi connectivity index (χ1v) is 9.32. The Morgan fingerprint density at radius 1 is 1.14 bits per heavy atom. The fourth-order valence-corrected chi connectivity index (χ4v) is 5.32. The van der Waals surface area contributed by atoms with Crippen molar-refractivity contribution < 1.29 is 17.9 Å². The van der Waals surface area contributed by atoms with Gasteiger partial charge in [0.25, 0.3) is 13.3 Å². The molecule has 0 heterocycles. The number of hydrogen-bond donors (Lipinski definition) is 3. The van der Waals surface area contributed by atoms with Gasteiger partial charge in [0.2, 0.25) is 10.0 Å². The molecule has 0 aliphatic rings. The maximum absolute atomic E-state index is 12.4. The van der Waals surface area contributed by atoms with Crippen LogP contribution >= 0.6 is 7.59 Å². The first-order valence-electron chi connectivity index (χ1n) is 6.13. The molecule has 1 aromatic carbocycles. The van der Waals surface area contributed by atoms with Crippen LogP contribution in [-0.4, -0.2) is 26.4 Å². The monoisotopic (exact) mass is 336 g/mol. The third-order valence-corrected chi connectivity index (χ3v) is 6.77. The van der Waals surface area contributed by atoms with Gasteiger partial charge >= 0.3 is 0 Å². The molecular formula is C10H17N4O5PS. The quantitative estimate of drug-likeness (QED) is 0.369. The zero-order chi connectivity index (χ0) is 16.1. The number of non-ortho nitro benzene ring substituents is 1. The lowest BCUT2D eigenvalue weighted by atomic mass is 10.3. The number of nitrogens with one attached hydrogen (secondary N) is 3. The minimum Gasteiger partial charge on any atom is -0.270 e. The highest BCUT2D eigenvalue weighted by molar-refractivity contribution is 7.95. The van der Waals surface area contributed by atoms with E-state index in [9.17, 15) is 23.1 Å². The van der Waals surface area contributed by atoms with Gasteiger partial charge in [-0.05, 0) is 12.1 Å². The number of nitro benzene ring substituents is 1. The molecule has 0 saturated heterocycles. The third-order valence-electron chi connectivity index (χ3n) is 2.37. The van der Waals surface area contributed by atoms with Crippen LogP contribution in [0.5, 0.6) is 0 Å². The second-order valence-electron chi connectivity index (χ2n) is 3.98. The number of hydrogen-bond acceptors (Lipinski definition) is 5. The van der Waals surface area contributed by atoms with Crippen molar-refractivity contribution in [2.45, 2.75) is 18.7 Å². The molecule has 0 aliphatic heterocycles. The molecule has 0 saturated carbocycles. The molecule has 0 atom stereocenters. The summed E-state index contributed by atoms with van der Waals surface area (Å²) in [6, 6.07) is 4.31. The molecule has 0 aromatic heterocycles. The van der Waals surface area contributed by atoms with Crippen molar-refractivity contribution in [2.75, 3.05) is 13.1 Å². The van der Waals surface area contributed by atoms with E-state index in [1.807, 2.05) is 0 Å². The highest BCUT2D eigenvalue weighted by atomic mass is 32.2. The van der Waals surface area contributed by atoms with Crippen LogP contribution in [0, 0.1) is 10.1 Å². The summed E-state index contributed by atoms with van der Waals surface area (Å²) in [5.41, 5.74) is -0.226. The molecule has 0 radical (unpaired) electrons. The second kappa shape index (κ2) is 7.10. The molecule has 3 N–H and O–H groups in total. The molecule has 0 bridgehead atoms. The summed E-state index contributed by atoms with van der Waals surface area (Å²) in [5.74, 6) is 0. The van der Waals surface area contributed by atoms with Crippen molar-refractivity contribution in [3.05, 3.63) is 34.4 Å². The summed E-state index contributed by atoms with van der Waals surface area (Å²) in [7, 11) is -7.57. The Morgan fingerprint density at radius 2 is 1.62 bits per heavy atom. The van der Waals surface area contributed by atoms with Crippen molar-refractivity contribution in [1.82, 2.24) is 14.7 Å². The minimum atomic E-state index is -4.07. The summed E-state index contributed by atoms with van der Waals surface area (Å²) in [4.78, 5) is 9.70. The topological polar surface area (TPSA) is 130 Å². The van der Waals surface area contributed by atoms with Gasteiger partial charge in [0.15, 0.2) is 0 Å². The summed E-state index contributed by atoms with van der Waals surface area (Å²) in [5, 5.41) is 15.7.